The zero-order chi connectivity index (χ0) is 10.6. The smallest absolute Gasteiger partial charge is 0.387 e. The highest BCUT2D eigenvalue weighted by molar-refractivity contribution is 5.42. The van der Waals surface area contributed by atoms with Crippen LogP contribution in [-0.2, 0) is 0 Å². The van der Waals surface area contributed by atoms with E-state index in [0.29, 0.717) is 18.1 Å². The van der Waals surface area contributed by atoms with Gasteiger partial charge in [-0.25, -0.2) is 4.98 Å². The fraction of sp³-hybridized carbons (Fsp3) is 0.444. The molecule has 0 saturated carbocycles. The Bertz CT molecular complexity index is 305. The van der Waals surface area contributed by atoms with Crippen LogP contribution in [0.5, 0.6) is 5.75 Å². The van der Waals surface area contributed by atoms with Gasteiger partial charge in [0.1, 0.15) is 11.6 Å². The molecule has 0 aliphatic carbocycles. The lowest BCUT2D eigenvalue weighted by Crippen LogP contribution is -2.05. The Labute approximate surface area is 81.1 Å². The molecule has 1 heterocycles. The van der Waals surface area contributed by atoms with Gasteiger partial charge in [0.2, 0.25) is 0 Å². The molecule has 0 bridgehead atoms. The summed E-state index contributed by atoms with van der Waals surface area (Å²) < 4.78 is 28.1. The average Bonchev–Trinajstić information content (AvgIpc) is 2.01. The largest absolute Gasteiger partial charge is 0.435 e. The van der Waals surface area contributed by atoms with E-state index in [1.54, 1.807) is 6.92 Å². The summed E-state index contributed by atoms with van der Waals surface area (Å²) in [5.74, 6) is 0.673. The number of aryl methyl sites for hydroxylation is 1. The van der Waals surface area contributed by atoms with Crippen molar-refractivity contribution in [1.29, 1.82) is 0 Å². The van der Waals surface area contributed by atoms with Gasteiger partial charge >= 0.3 is 6.61 Å². The van der Waals surface area contributed by atoms with E-state index >= 15 is 0 Å². The molecule has 0 aliphatic heterocycles. The third-order valence-electron chi connectivity index (χ3n) is 1.51. The number of aromatic nitrogens is 1. The zero-order valence-electron chi connectivity index (χ0n) is 8.05. The Hall–Kier alpha value is -1.39. The molecule has 0 radical (unpaired) electrons. The Morgan fingerprint density at radius 1 is 1.50 bits per heavy atom. The van der Waals surface area contributed by atoms with Crippen LogP contribution in [0.25, 0.3) is 0 Å². The molecule has 1 aromatic heterocycles. The minimum Gasteiger partial charge on any atom is -0.435 e. The molecule has 1 N–H and O–H groups in total. The van der Waals surface area contributed by atoms with Crippen LogP contribution in [-0.4, -0.2) is 18.1 Å². The second-order valence-electron chi connectivity index (χ2n) is 2.74. The highest BCUT2D eigenvalue weighted by atomic mass is 19.3. The van der Waals surface area contributed by atoms with Gasteiger partial charge in [-0.05, 0) is 13.8 Å². The molecule has 0 atom stereocenters. The molecular weight excluding hydrogens is 190 g/mol. The van der Waals surface area contributed by atoms with Crippen LogP contribution in [0.4, 0.5) is 14.6 Å². The average molecular weight is 202 g/mol. The number of hydrogen-bond donors (Lipinski definition) is 1. The van der Waals surface area contributed by atoms with Crippen molar-refractivity contribution < 1.29 is 13.5 Å². The van der Waals surface area contributed by atoms with Crippen LogP contribution >= 0.6 is 0 Å². The zero-order valence-corrected chi connectivity index (χ0v) is 8.05. The van der Waals surface area contributed by atoms with Crippen molar-refractivity contribution in [3.8, 4) is 5.75 Å². The highest BCUT2D eigenvalue weighted by Crippen LogP contribution is 2.19. The van der Waals surface area contributed by atoms with Crippen molar-refractivity contribution in [2.24, 2.45) is 0 Å². The van der Waals surface area contributed by atoms with Gasteiger partial charge in [0.05, 0.1) is 0 Å². The molecule has 3 nitrogen and oxygen atoms in total. The van der Waals surface area contributed by atoms with Gasteiger partial charge in [-0.2, -0.15) is 8.78 Å². The van der Waals surface area contributed by atoms with Crippen LogP contribution < -0.4 is 10.1 Å². The summed E-state index contributed by atoms with van der Waals surface area (Å²) >= 11 is 0. The monoisotopic (exact) mass is 202 g/mol. The van der Waals surface area contributed by atoms with Crippen LogP contribution in [0, 0.1) is 6.92 Å². The van der Waals surface area contributed by atoms with Crippen molar-refractivity contribution in [3.63, 3.8) is 0 Å². The molecule has 0 aliphatic rings. The quantitative estimate of drug-likeness (QED) is 0.814. The first-order valence-corrected chi connectivity index (χ1v) is 4.29. The molecule has 14 heavy (non-hydrogen) atoms. The van der Waals surface area contributed by atoms with E-state index in [2.05, 4.69) is 15.0 Å². The number of pyridine rings is 1. The number of anilines is 1. The van der Waals surface area contributed by atoms with Gasteiger partial charge in [-0.3, -0.25) is 0 Å². The molecule has 5 heteroatoms. The van der Waals surface area contributed by atoms with E-state index < -0.39 is 6.61 Å². The van der Waals surface area contributed by atoms with E-state index in [0.717, 1.165) is 0 Å². The van der Waals surface area contributed by atoms with Crippen LogP contribution in [0.2, 0.25) is 0 Å². The summed E-state index contributed by atoms with van der Waals surface area (Å²) in [4.78, 5) is 4.09. The van der Waals surface area contributed by atoms with Crippen LogP contribution in [0.1, 0.15) is 12.6 Å². The number of hydrogen-bond acceptors (Lipinski definition) is 3. The van der Waals surface area contributed by atoms with Crippen molar-refractivity contribution >= 4 is 5.82 Å². The molecule has 1 rings (SSSR count). The predicted molar refractivity (Wildman–Crippen MR) is 49.8 cm³/mol. The van der Waals surface area contributed by atoms with Crippen LogP contribution in [0.3, 0.4) is 0 Å². The third-order valence-corrected chi connectivity index (χ3v) is 1.51. The number of nitrogens with zero attached hydrogens (tertiary/aromatic N) is 1. The molecule has 0 saturated heterocycles. The molecule has 0 aromatic carbocycles. The Balaban J connectivity index is 2.83. The fourth-order valence-corrected chi connectivity index (χ4v) is 1.08. The summed E-state index contributed by atoms with van der Waals surface area (Å²) in [5.41, 5.74) is 0.638. The first kappa shape index (κ1) is 10.7. The minimum absolute atomic E-state index is 0.128. The highest BCUT2D eigenvalue weighted by Gasteiger charge is 2.06. The summed E-state index contributed by atoms with van der Waals surface area (Å²) in [6.07, 6.45) is 0. The molecule has 0 unspecified atom stereocenters. The van der Waals surface area contributed by atoms with Crippen molar-refractivity contribution in [2.45, 2.75) is 20.5 Å². The Morgan fingerprint density at radius 2 is 2.21 bits per heavy atom. The Morgan fingerprint density at radius 3 is 2.79 bits per heavy atom. The van der Waals surface area contributed by atoms with Gasteiger partial charge in [-0.15, -0.1) is 0 Å². The number of ether oxygens (including phenoxy) is 1. The normalized spacial score (nSPS) is 10.4. The van der Waals surface area contributed by atoms with E-state index in [9.17, 15) is 8.78 Å². The molecular formula is C9H12F2N2O. The molecule has 1 aromatic rings. The maximum atomic E-state index is 11.9. The lowest BCUT2D eigenvalue weighted by atomic mass is 10.3. The number of halogens is 2. The summed E-state index contributed by atoms with van der Waals surface area (Å²) in [6.45, 7) is 1.51. The number of alkyl halides is 2. The van der Waals surface area contributed by atoms with E-state index in [-0.39, 0.29) is 5.75 Å². The van der Waals surface area contributed by atoms with Crippen molar-refractivity contribution in [1.82, 2.24) is 4.98 Å². The topological polar surface area (TPSA) is 34.1 Å². The maximum absolute atomic E-state index is 11.9. The Kier molecular flexibility index (Phi) is 3.62. The number of nitrogens with one attached hydrogen (secondary N) is 1. The molecule has 0 amide bonds. The van der Waals surface area contributed by atoms with E-state index in [1.165, 1.54) is 12.1 Å². The summed E-state index contributed by atoms with van der Waals surface area (Å²) in [7, 11) is 0. The third kappa shape index (κ3) is 3.16. The van der Waals surface area contributed by atoms with E-state index in [1.807, 2.05) is 6.92 Å². The van der Waals surface area contributed by atoms with Gasteiger partial charge in [-0.1, -0.05) is 0 Å². The lowest BCUT2D eigenvalue weighted by molar-refractivity contribution is -0.0498. The van der Waals surface area contributed by atoms with Crippen LogP contribution in [0.15, 0.2) is 12.1 Å². The van der Waals surface area contributed by atoms with Gasteiger partial charge in [0.15, 0.2) is 0 Å². The summed E-state index contributed by atoms with van der Waals surface area (Å²) in [6, 6.07) is 2.91. The first-order chi connectivity index (χ1) is 6.61. The molecule has 78 valence electrons. The van der Waals surface area contributed by atoms with Crippen molar-refractivity contribution in [2.75, 3.05) is 11.9 Å². The SMILES string of the molecule is CCNc1cc(OC(F)F)cc(C)n1. The molecule has 0 fully saturated rings. The summed E-state index contributed by atoms with van der Waals surface area (Å²) in [5, 5.41) is 2.93. The maximum Gasteiger partial charge on any atom is 0.387 e. The fourth-order valence-electron chi connectivity index (χ4n) is 1.08. The van der Waals surface area contributed by atoms with Gasteiger partial charge < -0.3 is 10.1 Å². The predicted octanol–water partition coefficient (Wildman–Crippen LogP) is 2.42. The first-order valence-electron chi connectivity index (χ1n) is 4.29. The minimum atomic E-state index is -2.80. The second kappa shape index (κ2) is 4.74. The number of rotatable bonds is 4. The van der Waals surface area contributed by atoms with Crippen molar-refractivity contribution in [3.05, 3.63) is 17.8 Å². The van der Waals surface area contributed by atoms with Gasteiger partial charge in [0, 0.05) is 24.4 Å². The second-order valence-corrected chi connectivity index (χ2v) is 2.74. The standard InChI is InChI=1S/C9H12F2N2O/c1-3-12-8-5-7(14-9(10)11)4-6(2)13-8/h4-5,9H,3H2,1-2H3,(H,12,13). The van der Waals surface area contributed by atoms with E-state index in [4.69, 9.17) is 0 Å². The lowest BCUT2D eigenvalue weighted by Gasteiger charge is -2.08. The molecule has 0 spiro atoms. The van der Waals surface area contributed by atoms with Gasteiger partial charge in [0.25, 0.3) is 0 Å².